The molecule has 11 heteroatoms. The number of hydrogen-bond donors (Lipinski definition) is 2. The number of imide groups is 1. The van der Waals surface area contributed by atoms with Crippen molar-refractivity contribution in [3.05, 3.63) is 89.0 Å². The van der Waals surface area contributed by atoms with Crippen LogP contribution in [-0.2, 0) is 17.5 Å². The van der Waals surface area contributed by atoms with Gasteiger partial charge in [-0.2, -0.15) is 18.4 Å². The Bertz CT molecular complexity index is 1480. The fourth-order valence-electron chi connectivity index (χ4n) is 4.18. The van der Waals surface area contributed by atoms with Crippen LogP contribution in [0, 0.1) is 11.3 Å². The van der Waals surface area contributed by atoms with E-state index in [9.17, 15) is 27.6 Å². The first-order valence-corrected chi connectivity index (χ1v) is 11.4. The number of benzene rings is 3. The minimum absolute atomic E-state index is 0.0287. The van der Waals surface area contributed by atoms with Crippen molar-refractivity contribution in [1.82, 2.24) is 4.90 Å². The number of para-hydroxylation sites is 1. The average molecular weight is 521 g/mol. The van der Waals surface area contributed by atoms with Crippen molar-refractivity contribution in [3.63, 3.8) is 0 Å². The standard InChI is InChI=1S/C27H22F3N5O3/c1-26(2)24(37)35(19-11-12-20(23(32)36)21(13-19)27(28,29)30)25(38)34(26)15-17-5-3-4-6-22(17)33-18-9-7-16(14-31)8-10-18/h3-13,33H,15H2,1-2H3,(H2,32,36). The van der Waals surface area contributed by atoms with Gasteiger partial charge >= 0.3 is 12.2 Å². The zero-order valence-corrected chi connectivity index (χ0v) is 20.3. The van der Waals surface area contributed by atoms with Crippen molar-refractivity contribution < 1.29 is 27.6 Å². The van der Waals surface area contributed by atoms with Crippen LogP contribution in [0.2, 0.25) is 0 Å². The number of nitrogens with two attached hydrogens (primary N) is 1. The molecule has 0 aliphatic carbocycles. The van der Waals surface area contributed by atoms with Crippen LogP contribution in [0.25, 0.3) is 0 Å². The van der Waals surface area contributed by atoms with Crippen LogP contribution < -0.4 is 16.0 Å². The van der Waals surface area contributed by atoms with Gasteiger partial charge in [0.05, 0.1) is 35.0 Å². The monoisotopic (exact) mass is 521 g/mol. The highest BCUT2D eigenvalue weighted by Crippen LogP contribution is 2.39. The molecule has 3 N–H and O–H groups in total. The van der Waals surface area contributed by atoms with Gasteiger partial charge in [-0.15, -0.1) is 0 Å². The minimum atomic E-state index is -4.93. The quantitative estimate of drug-likeness (QED) is 0.434. The maximum absolute atomic E-state index is 13.6. The van der Waals surface area contributed by atoms with Crippen molar-refractivity contribution >= 4 is 34.9 Å². The number of anilines is 3. The number of carbonyl (C=O) groups is 3. The Morgan fingerprint density at radius 2 is 1.71 bits per heavy atom. The summed E-state index contributed by atoms with van der Waals surface area (Å²) in [6.07, 6.45) is -4.93. The molecule has 0 unspecified atom stereocenters. The number of amides is 4. The van der Waals surface area contributed by atoms with Gasteiger partial charge in [0.25, 0.3) is 5.91 Å². The molecule has 1 saturated heterocycles. The third-order valence-electron chi connectivity index (χ3n) is 6.29. The highest BCUT2D eigenvalue weighted by molar-refractivity contribution is 6.23. The SMILES string of the molecule is CC1(C)C(=O)N(c2ccc(C(N)=O)c(C(F)(F)F)c2)C(=O)N1Cc1ccccc1Nc1ccc(C#N)cc1. The van der Waals surface area contributed by atoms with Gasteiger partial charge < -0.3 is 16.0 Å². The first-order chi connectivity index (χ1) is 17.8. The van der Waals surface area contributed by atoms with Crippen LogP contribution in [0.4, 0.5) is 35.0 Å². The van der Waals surface area contributed by atoms with E-state index >= 15 is 0 Å². The Labute approximate surface area is 216 Å². The van der Waals surface area contributed by atoms with Crippen molar-refractivity contribution in [2.24, 2.45) is 5.73 Å². The van der Waals surface area contributed by atoms with Crippen LogP contribution in [0.5, 0.6) is 0 Å². The number of halogens is 3. The number of rotatable bonds is 6. The van der Waals surface area contributed by atoms with E-state index in [4.69, 9.17) is 11.0 Å². The highest BCUT2D eigenvalue weighted by Gasteiger charge is 2.52. The summed E-state index contributed by atoms with van der Waals surface area (Å²) in [4.78, 5) is 40.2. The number of nitriles is 1. The first kappa shape index (κ1) is 26.2. The van der Waals surface area contributed by atoms with Gasteiger partial charge in [0, 0.05) is 11.4 Å². The van der Waals surface area contributed by atoms with Gasteiger partial charge in [0.15, 0.2) is 0 Å². The van der Waals surface area contributed by atoms with Gasteiger partial charge in [-0.05, 0) is 67.9 Å². The summed E-state index contributed by atoms with van der Waals surface area (Å²) in [5, 5.41) is 12.2. The Morgan fingerprint density at radius 3 is 2.32 bits per heavy atom. The molecule has 3 aromatic carbocycles. The van der Waals surface area contributed by atoms with Crippen molar-refractivity contribution in [3.8, 4) is 6.07 Å². The molecule has 0 bridgehead atoms. The Kier molecular flexibility index (Phi) is 6.59. The average Bonchev–Trinajstić information content (AvgIpc) is 3.03. The van der Waals surface area contributed by atoms with Crippen LogP contribution in [0.3, 0.4) is 0 Å². The van der Waals surface area contributed by atoms with Crippen LogP contribution in [-0.4, -0.2) is 28.3 Å². The van der Waals surface area contributed by atoms with Crippen LogP contribution in [0.15, 0.2) is 66.7 Å². The molecule has 1 fully saturated rings. The Morgan fingerprint density at radius 1 is 1.05 bits per heavy atom. The predicted octanol–water partition coefficient (Wildman–Crippen LogP) is 5.17. The molecular weight excluding hydrogens is 499 g/mol. The normalized spacial score (nSPS) is 14.9. The molecule has 38 heavy (non-hydrogen) atoms. The third-order valence-corrected chi connectivity index (χ3v) is 6.29. The molecule has 194 valence electrons. The maximum Gasteiger partial charge on any atom is 0.417 e. The van der Waals surface area contributed by atoms with Crippen molar-refractivity contribution in [2.45, 2.75) is 32.1 Å². The summed E-state index contributed by atoms with van der Waals surface area (Å²) >= 11 is 0. The van der Waals surface area contributed by atoms with Gasteiger partial charge in [-0.25, -0.2) is 9.69 Å². The lowest BCUT2D eigenvalue weighted by molar-refractivity contribution is -0.138. The van der Waals surface area contributed by atoms with E-state index in [0.717, 1.165) is 12.1 Å². The molecule has 4 amide bonds. The summed E-state index contributed by atoms with van der Waals surface area (Å²) in [5.41, 5.74) is 3.74. The summed E-state index contributed by atoms with van der Waals surface area (Å²) < 4.78 is 40.9. The van der Waals surface area contributed by atoms with Gasteiger partial charge in [-0.3, -0.25) is 9.59 Å². The second-order valence-corrected chi connectivity index (χ2v) is 9.13. The first-order valence-electron chi connectivity index (χ1n) is 11.4. The Balaban J connectivity index is 1.67. The number of urea groups is 1. The van der Waals surface area contributed by atoms with E-state index in [-0.39, 0.29) is 12.2 Å². The zero-order chi connectivity index (χ0) is 27.8. The van der Waals surface area contributed by atoms with Gasteiger partial charge in [0.1, 0.15) is 5.54 Å². The number of carbonyl (C=O) groups excluding carboxylic acids is 3. The predicted molar refractivity (Wildman–Crippen MR) is 133 cm³/mol. The fraction of sp³-hybridized carbons (Fsp3) is 0.185. The van der Waals surface area contributed by atoms with Crippen molar-refractivity contribution in [1.29, 1.82) is 5.26 Å². The number of nitrogens with one attached hydrogen (secondary N) is 1. The zero-order valence-electron chi connectivity index (χ0n) is 20.3. The molecule has 4 rings (SSSR count). The van der Waals surface area contributed by atoms with E-state index < -0.39 is 40.7 Å². The Hall–Kier alpha value is -4.85. The van der Waals surface area contributed by atoms with E-state index in [1.54, 1.807) is 48.5 Å². The molecule has 0 spiro atoms. The summed E-state index contributed by atoms with van der Waals surface area (Å²) in [6.45, 7) is 2.98. The molecule has 1 aliphatic heterocycles. The summed E-state index contributed by atoms with van der Waals surface area (Å²) in [6, 6.07) is 17.6. The lowest BCUT2D eigenvalue weighted by Gasteiger charge is -2.28. The molecular formula is C27H22F3N5O3. The smallest absolute Gasteiger partial charge is 0.366 e. The second-order valence-electron chi connectivity index (χ2n) is 9.13. The molecule has 0 aromatic heterocycles. The largest absolute Gasteiger partial charge is 0.417 e. The lowest BCUT2D eigenvalue weighted by Crippen LogP contribution is -2.43. The topological polar surface area (TPSA) is 120 Å². The van der Waals surface area contributed by atoms with E-state index in [1.807, 2.05) is 6.07 Å². The van der Waals surface area contributed by atoms with Crippen molar-refractivity contribution in [2.75, 3.05) is 10.2 Å². The maximum atomic E-state index is 13.6. The number of nitrogens with zero attached hydrogens (tertiary/aromatic N) is 3. The third kappa shape index (κ3) is 4.76. The molecule has 0 radical (unpaired) electrons. The highest BCUT2D eigenvalue weighted by atomic mass is 19.4. The number of primary amides is 1. The molecule has 3 aromatic rings. The van der Waals surface area contributed by atoms with Gasteiger partial charge in [0.2, 0.25) is 5.91 Å². The van der Waals surface area contributed by atoms with Gasteiger partial charge in [-0.1, -0.05) is 18.2 Å². The fourth-order valence-corrected chi connectivity index (χ4v) is 4.18. The summed E-state index contributed by atoms with van der Waals surface area (Å²) in [5.74, 6) is -2.00. The van der Waals surface area contributed by atoms with Crippen LogP contribution >= 0.6 is 0 Å². The van der Waals surface area contributed by atoms with E-state index in [1.165, 1.54) is 18.7 Å². The molecule has 0 saturated carbocycles. The molecule has 1 aliphatic rings. The van der Waals surface area contributed by atoms with E-state index in [2.05, 4.69) is 5.32 Å². The minimum Gasteiger partial charge on any atom is -0.366 e. The summed E-state index contributed by atoms with van der Waals surface area (Å²) in [7, 11) is 0. The molecule has 8 nitrogen and oxygen atoms in total. The van der Waals surface area contributed by atoms with Crippen LogP contribution in [0.1, 0.15) is 40.9 Å². The molecule has 1 heterocycles. The number of hydrogen-bond acceptors (Lipinski definition) is 5. The molecule has 0 atom stereocenters. The number of alkyl halides is 3. The lowest BCUT2D eigenvalue weighted by atomic mass is 10.0. The second kappa shape index (κ2) is 9.55. The van der Waals surface area contributed by atoms with E-state index in [0.29, 0.717) is 33.5 Å².